The van der Waals surface area contributed by atoms with Crippen molar-refractivity contribution >= 4 is 23.3 Å². The molecule has 1 saturated heterocycles. The van der Waals surface area contributed by atoms with E-state index in [9.17, 15) is 18.8 Å². The molecule has 1 heterocycles. The monoisotopic (exact) mass is 496 g/mol. The Kier molecular flexibility index (Phi) is 8.57. The Bertz CT molecular complexity index is 1070. The molecule has 36 heavy (non-hydrogen) atoms. The number of hydrogen-bond donors (Lipinski definition) is 2. The molecule has 2 aromatic carbocycles. The van der Waals surface area contributed by atoms with Gasteiger partial charge in [0.15, 0.2) is 5.78 Å². The number of carboxylic acids is 1. The lowest BCUT2D eigenvalue weighted by atomic mass is 9.87. The van der Waals surface area contributed by atoms with Crippen LogP contribution in [0.25, 0.3) is 0 Å². The van der Waals surface area contributed by atoms with E-state index in [-0.39, 0.29) is 35.7 Å². The van der Waals surface area contributed by atoms with Crippen LogP contribution in [0.1, 0.15) is 72.1 Å². The molecule has 8 heteroatoms. The van der Waals surface area contributed by atoms with Gasteiger partial charge in [-0.1, -0.05) is 0 Å². The van der Waals surface area contributed by atoms with E-state index in [4.69, 9.17) is 9.84 Å². The molecule has 0 bridgehead atoms. The molecular weight excluding hydrogens is 463 g/mol. The lowest BCUT2D eigenvalue weighted by Gasteiger charge is -2.26. The number of carboxylic acid groups (broad SMARTS) is 1. The van der Waals surface area contributed by atoms with Crippen LogP contribution in [0, 0.1) is 11.7 Å². The highest BCUT2D eigenvalue weighted by atomic mass is 19.1. The van der Waals surface area contributed by atoms with Crippen molar-refractivity contribution in [2.24, 2.45) is 5.92 Å². The van der Waals surface area contributed by atoms with Crippen LogP contribution in [0.2, 0.25) is 0 Å². The van der Waals surface area contributed by atoms with Crippen molar-refractivity contribution in [2.45, 2.75) is 57.5 Å². The van der Waals surface area contributed by atoms with Gasteiger partial charge in [-0.05, 0) is 81.3 Å². The van der Waals surface area contributed by atoms with Gasteiger partial charge in [0.05, 0.1) is 17.6 Å². The number of halogens is 1. The highest BCUT2D eigenvalue weighted by Crippen LogP contribution is 2.29. The first-order valence-electron chi connectivity index (χ1n) is 12.8. The number of Topliss-reactive ketones (excluding diaryl/α,β-unsaturated/α-hetero) is 1. The van der Waals surface area contributed by atoms with Gasteiger partial charge in [0.1, 0.15) is 11.6 Å². The Morgan fingerprint density at radius 2 is 1.69 bits per heavy atom. The summed E-state index contributed by atoms with van der Waals surface area (Å²) in [6.07, 6.45) is 5.05. The van der Waals surface area contributed by atoms with E-state index in [1.165, 1.54) is 25.0 Å². The number of anilines is 1. The van der Waals surface area contributed by atoms with E-state index in [1.807, 2.05) is 24.3 Å². The smallest absolute Gasteiger partial charge is 0.306 e. The topological polar surface area (TPSA) is 95.9 Å². The summed E-state index contributed by atoms with van der Waals surface area (Å²) in [4.78, 5) is 38.2. The summed E-state index contributed by atoms with van der Waals surface area (Å²) >= 11 is 0. The van der Waals surface area contributed by atoms with Gasteiger partial charge in [-0.2, -0.15) is 0 Å². The Labute approximate surface area is 210 Å². The van der Waals surface area contributed by atoms with Gasteiger partial charge >= 0.3 is 5.97 Å². The molecule has 1 aliphatic carbocycles. The van der Waals surface area contributed by atoms with Gasteiger partial charge in [0.2, 0.25) is 0 Å². The first-order valence-corrected chi connectivity index (χ1v) is 12.8. The third kappa shape index (κ3) is 6.62. The molecule has 0 radical (unpaired) electrons. The third-order valence-electron chi connectivity index (χ3n) is 7.03. The molecule has 1 amide bonds. The Balaban J connectivity index is 1.19. The van der Waals surface area contributed by atoms with Crippen LogP contribution in [0.5, 0.6) is 5.75 Å². The molecule has 0 atom stereocenters. The third-order valence-corrected chi connectivity index (χ3v) is 7.03. The minimum absolute atomic E-state index is 0.000707. The normalized spacial score (nSPS) is 19.6. The average molecular weight is 497 g/mol. The molecule has 1 aliphatic heterocycles. The lowest BCUT2D eigenvalue weighted by molar-refractivity contribution is -0.143. The number of rotatable bonds is 10. The first kappa shape index (κ1) is 25.7. The SMILES string of the molecule is O=C(NCCCC(=O)c1ccc(OC2CCC(C(=O)O)CC2)cc1F)c1ccc(N2CCCC2)cc1. The summed E-state index contributed by atoms with van der Waals surface area (Å²) < 4.78 is 20.4. The van der Waals surface area contributed by atoms with Crippen LogP contribution in [-0.2, 0) is 4.79 Å². The van der Waals surface area contributed by atoms with E-state index < -0.39 is 11.8 Å². The minimum atomic E-state index is -0.784. The van der Waals surface area contributed by atoms with Crippen molar-refractivity contribution in [1.29, 1.82) is 0 Å². The zero-order valence-corrected chi connectivity index (χ0v) is 20.4. The highest BCUT2D eigenvalue weighted by molar-refractivity contribution is 5.96. The first-order chi connectivity index (χ1) is 17.4. The maximum Gasteiger partial charge on any atom is 0.306 e. The van der Waals surface area contributed by atoms with Crippen molar-refractivity contribution in [3.05, 3.63) is 59.4 Å². The number of carbonyl (C=O) groups is 3. The molecule has 0 spiro atoms. The zero-order valence-electron chi connectivity index (χ0n) is 20.4. The molecule has 2 aliphatic rings. The maximum atomic E-state index is 14.6. The number of ether oxygens (including phenoxy) is 1. The average Bonchev–Trinajstić information content (AvgIpc) is 3.42. The Morgan fingerprint density at radius 1 is 1.00 bits per heavy atom. The molecule has 1 saturated carbocycles. The number of hydrogen-bond acceptors (Lipinski definition) is 5. The van der Waals surface area contributed by atoms with Crippen molar-refractivity contribution < 1.29 is 28.6 Å². The predicted molar refractivity (Wildman–Crippen MR) is 134 cm³/mol. The van der Waals surface area contributed by atoms with Gasteiger partial charge in [0, 0.05) is 43.4 Å². The van der Waals surface area contributed by atoms with E-state index >= 15 is 0 Å². The predicted octanol–water partition coefficient (Wildman–Crippen LogP) is 4.84. The fraction of sp³-hybridized carbons (Fsp3) is 0.464. The number of nitrogens with zero attached hydrogens (tertiary/aromatic N) is 1. The molecule has 2 N–H and O–H groups in total. The number of aliphatic carboxylic acids is 1. The maximum absolute atomic E-state index is 14.6. The molecule has 2 fully saturated rings. The summed E-state index contributed by atoms with van der Waals surface area (Å²) in [6, 6.07) is 11.8. The van der Waals surface area contributed by atoms with E-state index in [0.717, 1.165) is 18.8 Å². The van der Waals surface area contributed by atoms with Crippen molar-refractivity contribution in [3.63, 3.8) is 0 Å². The van der Waals surface area contributed by atoms with Crippen LogP contribution in [0.4, 0.5) is 10.1 Å². The summed E-state index contributed by atoms with van der Waals surface area (Å²) in [5.41, 5.74) is 1.70. The van der Waals surface area contributed by atoms with Gasteiger partial charge in [0.25, 0.3) is 5.91 Å². The molecule has 4 rings (SSSR count). The van der Waals surface area contributed by atoms with Crippen LogP contribution >= 0.6 is 0 Å². The van der Waals surface area contributed by atoms with Crippen LogP contribution in [0.3, 0.4) is 0 Å². The molecule has 2 aromatic rings. The summed E-state index contributed by atoms with van der Waals surface area (Å²) in [7, 11) is 0. The summed E-state index contributed by atoms with van der Waals surface area (Å²) in [6.45, 7) is 2.41. The quantitative estimate of drug-likeness (QED) is 0.361. The Hall–Kier alpha value is -3.42. The van der Waals surface area contributed by atoms with E-state index in [0.29, 0.717) is 50.0 Å². The minimum Gasteiger partial charge on any atom is -0.490 e. The fourth-order valence-electron chi connectivity index (χ4n) is 4.90. The largest absolute Gasteiger partial charge is 0.490 e. The highest BCUT2D eigenvalue weighted by Gasteiger charge is 2.27. The molecule has 7 nitrogen and oxygen atoms in total. The molecular formula is C28H33FN2O5. The van der Waals surface area contributed by atoms with E-state index in [2.05, 4.69) is 10.2 Å². The molecule has 0 aromatic heterocycles. The second-order valence-electron chi connectivity index (χ2n) is 9.60. The van der Waals surface area contributed by atoms with E-state index in [1.54, 1.807) is 6.07 Å². The second-order valence-corrected chi connectivity index (χ2v) is 9.60. The van der Waals surface area contributed by atoms with Crippen molar-refractivity contribution in [2.75, 3.05) is 24.5 Å². The number of carbonyl (C=O) groups excluding carboxylic acids is 2. The van der Waals surface area contributed by atoms with Crippen LogP contribution in [-0.4, -0.2) is 48.5 Å². The summed E-state index contributed by atoms with van der Waals surface area (Å²) in [5.74, 6) is -1.95. The van der Waals surface area contributed by atoms with Crippen LogP contribution in [0.15, 0.2) is 42.5 Å². The number of amides is 1. The Morgan fingerprint density at radius 3 is 2.33 bits per heavy atom. The zero-order chi connectivity index (χ0) is 25.5. The van der Waals surface area contributed by atoms with Crippen LogP contribution < -0.4 is 15.0 Å². The van der Waals surface area contributed by atoms with Crippen molar-refractivity contribution in [1.82, 2.24) is 5.32 Å². The number of ketones is 1. The van der Waals surface area contributed by atoms with Gasteiger partial charge < -0.3 is 20.1 Å². The van der Waals surface area contributed by atoms with Gasteiger partial charge in [-0.3, -0.25) is 14.4 Å². The molecule has 0 unspecified atom stereocenters. The number of benzene rings is 2. The standard InChI is InChI=1S/C28H33FN2O5/c29-25-18-23(36-22-11-7-20(8-12-22)28(34)35)13-14-24(25)26(32)4-3-15-30-27(33)19-5-9-21(10-6-19)31-16-1-2-17-31/h5-6,9-10,13-14,18,20,22H,1-4,7-8,11-12,15-17H2,(H,30,33)(H,34,35). The summed E-state index contributed by atoms with van der Waals surface area (Å²) in [5, 5.41) is 11.9. The van der Waals surface area contributed by atoms with Crippen molar-refractivity contribution in [3.8, 4) is 5.75 Å². The number of nitrogens with one attached hydrogen (secondary N) is 1. The fourth-order valence-corrected chi connectivity index (χ4v) is 4.90. The van der Waals surface area contributed by atoms with Gasteiger partial charge in [-0.25, -0.2) is 4.39 Å². The van der Waals surface area contributed by atoms with Gasteiger partial charge in [-0.15, -0.1) is 0 Å². The lowest BCUT2D eigenvalue weighted by Crippen LogP contribution is -2.27. The second kappa shape index (κ2) is 12.0. The molecule has 192 valence electrons.